The Bertz CT molecular complexity index is 406. The summed E-state index contributed by atoms with van der Waals surface area (Å²) in [6.45, 7) is 7.35. The number of benzene rings is 1. The lowest BCUT2D eigenvalue weighted by Gasteiger charge is -2.22. The van der Waals surface area contributed by atoms with Crippen molar-refractivity contribution in [2.45, 2.75) is 39.2 Å². The maximum Gasteiger partial charge on any atom is 0.122 e. The van der Waals surface area contributed by atoms with E-state index >= 15 is 0 Å². The molecule has 1 atom stereocenters. The molecule has 2 rings (SSSR count). The molecule has 0 radical (unpaired) electrons. The van der Waals surface area contributed by atoms with Crippen LogP contribution >= 0.6 is 0 Å². The lowest BCUT2D eigenvalue weighted by molar-refractivity contribution is 0.150. The van der Waals surface area contributed by atoms with Crippen LogP contribution in [0.15, 0.2) is 18.2 Å². The van der Waals surface area contributed by atoms with E-state index < -0.39 is 0 Å². The van der Waals surface area contributed by atoms with Gasteiger partial charge in [-0.15, -0.1) is 0 Å². The summed E-state index contributed by atoms with van der Waals surface area (Å²) in [7, 11) is 0. The molecule has 1 aliphatic rings. The van der Waals surface area contributed by atoms with Gasteiger partial charge in [0, 0.05) is 12.6 Å². The summed E-state index contributed by atoms with van der Waals surface area (Å²) in [5.41, 5.74) is 2.43. The summed E-state index contributed by atoms with van der Waals surface area (Å²) < 4.78 is 5.86. The highest BCUT2D eigenvalue weighted by Crippen LogP contribution is 2.20. The van der Waals surface area contributed by atoms with E-state index in [1.807, 2.05) is 0 Å². The maximum absolute atomic E-state index is 9.26. The molecule has 0 aliphatic carbocycles. The first-order valence-corrected chi connectivity index (χ1v) is 7.25. The Hall–Kier alpha value is -1.06. The van der Waals surface area contributed by atoms with Gasteiger partial charge in [0.25, 0.3) is 0 Å². The van der Waals surface area contributed by atoms with Crippen molar-refractivity contribution in [3.8, 4) is 5.75 Å². The molecule has 0 bridgehead atoms. The standard InChI is InChI=1S/C16H25NO2/c1-13-6-7-14(2)16(11-13)19-10-4-9-17-8-3-5-15(17)12-18/h6-7,11,15,18H,3-5,8-10,12H2,1-2H3/t15-/m1/s1. The lowest BCUT2D eigenvalue weighted by atomic mass is 10.1. The molecule has 1 aromatic carbocycles. The van der Waals surface area contributed by atoms with Gasteiger partial charge in [-0.05, 0) is 56.8 Å². The Kier molecular flexibility index (Phi) is 5.23. The number of nitrogens with zero attached hydrogens (tertiary/aromatic N) is 1. The van der Waals surface area contributed by atoms with Gasteiger partial charge < -0.3 is 9.84 Å². The zero-order chi connectivity index (χ0) is 13.7. The third-order valence-electron chi connectivity index (χ3n) is 3.90. The van der Waals surface area contributed by atoms with Crippen LogP contribution in [0.25, 0.3) is 0 Å². The average Bonchev–Trinajstić information content (AvgIpc) is 2.86. The highest BCUT2D eigenvalue weighted by molar-refractivity contribution is 5.35. The van der Waals surface area contributed by atoms with E-state index in [4.69, 9.17) is 4.74 Å². The topological polar surface area (TPSA) is 32.7 Å². The summed E-state index contributed by atoms with van der Waals surface area (Å²) in [5.74, 6) is 1.00. The fourth-order valence-corrected chi connectivity index (χ4v) is 2.71. The van der Waals surface area contributed by atoms with Gasteiger partial charge in [0.05, 0.1) is 13.2 Å². The molecule has 1 aromatic rings. The van der Waals surface area contributed by atoms with E-state index in [1.54, 1.807) is 0 Å². The van der Waals surface area contributed by atoms with E-state index in [-0.39, 0.29) is 6.61 Å². The Morgan fingerprint density at radius 3 is 3.00 bits per heavy atom. The first kappa shape index (κ1) is 14.4. The van der Waals surface area contributed by atoms with Crippen molar-refractivity contribution in [3.63, 3.8) is 0 Å². The quantitative estimate of drug-likeness (QED) is 0.801. The molecule has 0 aromatic heterocycles. The Morgan fingerprint density at radius 1 is 1.37 bits per heavy atom. The van der Waals surface area contributed by atoms with Crippen LogP contribution < -0.4 is 4.74 Å². The molecule has 0 amide bonds. The average molecular weight is 263 g/mol. The van der Waals surface area contributed by atoms with Crippen LogP contribution in [-0.4, -0.2) is 42.4 Å². The first-order chi connectivity index (χ1) is 9.20. The molecule has 106 valence electrons. The number of hydrogen-bond acceptors (Lipinski definition) is 3. The smallest absolute Gasteiger partial charge is 0.122 e. The van der Waals surface area contributed by atoms with Crippen LogP contribution in [0.3, 0.4) is 0 Å². The molecule has 1 fully saturated rings. The van der Waals surface area contributed by atoms with Gasteiger partial charge in [-0.3, -0.25) is 4.90 Å². The normalized spacial score (nSPS) is 19.8. The molecule has 1 N–H and O–H groups in total. The van der Waals surface area contributed by atoms with Crippen LogP contribution in [0.4, 0.5) is 0 Å². The number of rotatable bonds is 6. The highest BCUT2D eigenvalue weighted by atomic mass is 16.5. The van der Waals surface area contributed by atoms with Gasteiger partial charge in [-0.2, -0.15) is 0 Å². The second-order valence-electron chi connectivity index (χ2n) is 5.49. The Balaban J connectivity index is 1.73. The van der Waals surface area contributed by atoms with E-state index in [2.05, 4.69) is 36.9 Å². The predicted molar refractivity (Wildman–Crippen MR) is 77.7 cm³/mol. The van der Waals surface area contributed by atoms with Crippen LogP contribution in [-0.2, 0) is 0 Å². The molecule has 0 spiro atoms. The third-order valence-corrected chi connectivity index (χ3v) is 3.90. The third kappa shape index (κ3) is 3.95. The molecule has 3 heteroatoms. The summed E-state index contributed by atoms with van der Waals surface area (Å²) >= 11 is 0. The SMILES string of the molecule is Cc1ccc(C)c(OCCCN2CCC[C@@H]2CO)c1. The van der Waals surface area contributed by atoms with Crippen molar-refractivity contribution in [2.75, 3.05) is 26.3 Å². The molecular formula is C16H25NO2. The summed E-state index contributed by atoms with van der Waals surface area (Å²) in [4.78, 5) is 2.38. The van der Waals surface area contributed by atoms with Crippen LogP contribution in [0, 0.1) is 13.8 Å². The minimum absolute atomic E-state index is 0.290. The summed E-state index contributed by atoms with van der Waals surface area (Å²) in [6, 6.07) is 6.69. The van der Waals surface area contributed by atoms with Crippen molar-refractivity contribution >= 4 is 0 Å². The Labute approximate surface area is 116 Å². The minimum atomic E-state index is 0.290. The van der Waals surface area contributed by atoms with E-state index in [0.29, 0.717) is 6.04 Å². The van der Waals surface area contributed by atoms with Gasteiger partial charge in [0.2, 0.25) is 0 Å². The van der Waals surface area contributed by atoms with Gasteiger partial charge in [-0.25, -0.2) is 0 Å². The van der Waals surface area contributed by atoms with Crippen molar-refractivity contribution in [3.05, 3.63) is 29.3 Å². The molecule has 1 heterocycles. The first-order valence-electron chi connectivity index (χ1n) is 7.25. The number of hydrogen-bond donors (Lipinski definition) is 1. The molecule has 3 nitrogen and oxygen atoms in total. The zero-order valence-electron chi connectivity index (χ0n) is 12.1. The van der Waals surface area contributed by atoms with E-state index in [9.17, 15) is 5.11 Å². The van der Waals surface area contributed by atoms with E-state index in [0.717, 1.165) is 38.3 Å². The molecular weight excluding hydrogens is 238 g/mol. The fraction of sp³-hybridized carbons (Fsp3) is 0.625. The van der Waals surface area contributed by atoms with Crippen LogP contribution in [0.2, 0.25) is 0 Å². The number of likely N-dealkylation sites (tertiary alicyclic amines) is 1. The van der Waals surface area contributed by atoms with Crippen LogP contribution in [0.1, 0.15) is 30.4 Å². The van der Waals surface area contributed by atoms with Crippen molar-refractivity contribution < 1.29 is 9.84 Å². The summed E-state index contributed by atoms with van der Waals surface area (Å²) in [5, 5.41) is 9.26. The molecule has 0 unspecified atom stereocenters. The number of ether oxygens (including phenoxy) is 1. The van der Waals surface area contributed by atoms with Crippen molar-refractivity contribution in [1.82, 2.24) is 4.90 Å². The van der Waals surface area contributed by atoms with Gasteiger partial charge >= 0.3 is 0 Å². The van der Waals surface area contributed by atoms with E-state index in [1.165, 1.54) is 17.5 Å². The monoisotopic (exact) mass is 263 g/mol. The second-order valence-corrected chi connectivity index (χ2v) is 5.49. The van der Waals surface area contributed by atoms with Crippen LogP contribution in [0.5, 0.6) is 5.75 Å². The second kappa shape index (κ2) is 6.92. The zero-order valence-corrected chi connectivity index (χ0v) is 12.1. The number of aliphatic hydroxyl groups is 1. The lowest BCUT2D eigenvalue weighted by Crippen LogP contribution is -2.33. The molecule has 0 saturated carbocycles. The number of aryl methyl sites for hydroxylation is 2. The maximum atomic E-state index is 9.26. The Morgan fingerprint density at radius 2 is 2.21 bits per heavy atom. The molecule has 19 heavy (non-hydrogen) atoms. The minimum Gasteiger partial charge on any atom is -0.493 e. The highest BCUT2D eigenvalue weighted by Gasteiger charge is 2.22. The van der Waals surface area contributed by atoms with Gasteiger partial charge in [-0.1, -0.05) is 12.1 Å². The molecule has 1 saturated heterocycles. The predicted octanol–water partition coefficient (Wildman–Crippen LogP) is 2.53. The molecule has 1 aliphatic heterocycles. The van der Waals surface area contributed by atoms with Gasteiger partial charge in [0.15, 0.2) is 0 Å². The van der Waals surface area contributed by atoms with Gasteiger partial charge in [0.1, 0.15) is 5.75 Å². The number of aliphatic hydroxyl groups excluding tert-OH is 1. The van der Waals surface area contributed by atoms with Crippen molar-refractivity contribution in [2.24, 2.45) is 0 Å². The summed E-state index contributed by atoms with van der Waals surface area (Å²) in [6.07, 6.45) is 3.36. The fourth-order valence-electron chi connectivity index (χ4n) is 2.71. The largest absolute Gasteiger partial charge is 0.493 e. The van der Waals surface area contributed by atoms with Crippen molar-refractivity contribution in [1.29, 1.82) is 0 Å².